The van der Waals surface area contributed by atoms with Crippen LogP contribution in [0.1, 0.15) is 19.3 Å². The molecule has 5 nitrogen and oxygen atoms in total. The second-order valence-electron chi connectivity index (χ2n) is 4.40. The highest BCUT2D eigenvalue weighted by molar-refractivity contribution is 5.85. The molecule has 1 atom stereocenters. The normalized spacial score (nSPS) is 19.1. The van der Waals surface area contributed by atoms with Crippen LogP contribution in [0.5, 0.6) is 0 Å². The number of halogens is 1. The number of carbonyl (C=O) groups is 1. The van der Waals surface area contributed by atoms with Crippen LogP contribution in [0.25, 0.3) is 0 Å². The first kappa shape index (κ1) is 17.6. The zero-order valence-corrected chi connectivity index (χ0v) is 11.9. The molecule has 1 aliphatic heterocycles. The Bertz CT molecular complexity index is 211. The molecule has 2 N–H and O–H groups in total. The fourth-order valence-corrected chi connectivity index (χ4v) is 1.94. The SMILES string of the molecule is COCCOCC(=O)NCCC1CCCNC1.Cl. The van der Waals surface area contributed by atoms with Gasteiger partial charge < -0.3 is 20.1 Å². The minimum absolute atomic E-state index is 0. The summed E-state index contributed by atoms with van der Waals surface area (Å²) in [5.74, 6) is 0.670. The highest BCUT2D eigenvalue weighted by atomic mass is 35.5. The molecule has 0 radical (unpaired) electrons. The highest BCUT2D eigenvalue weighted by Crippen LogP contribution is 2.12. The average molecular weight is 281 g/mol. The molecule has 6 heteroatoms. The summed E-state index contributed by atoms with van der Waals surface area (Å²) >= 11 is 0. The van der Waals surface area contributed by atoms with E-state index >= 15 is 0 Å². The Morgan fingerprint density at radius 2 is 2.28 bits per heavy atom. The van der Waals surface area contributed by atoms with Gasteiger partial charge in [0.1, 0.15) is 6.61 Å². The molecule has 1 fully saturated rings. The van der Waals surface area contributed by atoms with Gasteiger partial charge in [-0.25, -0.2) is 0 Å². The van der Waals surface area contributed by atoms with Gasteiger partial charge in [-0.1, -0.05) is 0 Å². The van der Waals surface area contributed by atoms with Crippen LogP contribution in [-0.2, 0) is 14.3 Å². The Morgan fingerprint density at radius 3 is 2.94 bits per heavy atom. The summed E-state index contributed by atoms with van der Waals surface area (Å²) in [7, 11) is 1.61. The molecule has 0 aromatic rings. The lowest BCUT2D eigenvalue weighted by atomic mass is 9.96. The second-order valence-corrected chi connectivity index (χ2v) is 4.40. The van der Waals surface area contributed by atoms with Gasteiger partial charge in [0.25, 0.3) is 0 Å². The molecule has 1 unspecified atom stereocenters. The molecule has 1 heterocycles. The maximum absolute atomic E-state index is 11.4. The van der Waals surface area contributed by atoms with Gasteiger partial charge in [0.05, 0.1) is 13.2 Å². The van der Waals surface area contributed by atoms with Crippen LogP contribution in [0.3, 0.4) is 0 Å². The predicted octanol–water partition coefficient (Wildman–Crippen LogP) is 0.577. The van der Waals surface area contributed by atoms with Crippen molar-refractivity contribution >= 4 is 18.3 Å². The van der Waals surface area contributed by atoms with Crippen molar-refractivity contribution in [1.82, 2.24) is 10.6 Å². The van der Waals surface area contributed by atoms with Gasteiger partial charge in [-0.2, -0.15) is 0 Å². The Balaban J connectivity index is 0.00000289. The van der Waals surface area contributed by atoms with Crippen LogP contribution in [0.15, 0.2) is 0 Å². The summed E-state index contributed by atoms with van der Waals surface area (Å²) in [5.41, 5.74) is 0. The second kappa shape index (κ2) is 11.7. The van der Waals surface area contributed by atoms with Crippen molar-refractivity contribution in [1.29, 1.82) is 0 Å². The molecule has 108 valence electrons. The third-order valence-corrected chi connectivity index (χ3v) is 2.94. The lowest BCUT2D eigenvalue weighted by Gasteiger charge is -2.22. The summed E-state index contributed by atoms with van der Waals surface area (Å²) in [6, 6.07) is 0. The van der Waals surface area contributed by atoms with Gasteiger partial charge in [-0.15, -0.1) is 12.4 Å². The molecule has 1 aliphatic rings. The van der Waals surface area contributed by atoms with Gasteiger partial charge in [0.2, 0.25) is 5.91 Å². The fourth-order valence-electron chi connectivity index (χ4n) is 1.94. The summed E-state index contributed by atoms with van der Waals surface area (Å²) in [6.45, 7) is 4.10. The van der Waals surface area contributed by atoms with Crippen LogP contribution in [0, 0.1) is 5.92 Å². The summed E-state index contributed by atoms with van der Waals surface area (Å²) in [6.07, 6.45) is 3.57. The predicted molar refractivity (Wildman–Crippen MR) is 73.2 cm³/mol. The van der Waals surface area contributed by atoms with E-state index in [0.717, 1.165) is 26.1 Å². The van der Waals surface area contributed by atoms with Crippen LogP contribution < -0.4 is 10.6 Å². The molecule has 0 aliphatic carbocycles. The summed E-state index contributed by atoms with van der Waals surface area (Å²) < 4.78 is 9.95. The molecule has 0 saturated carbocycles. The maximum atomic E-state index is 11.4. The van der Waals surface area contributed by atoms with E-state index in [1.807, 2.05) is 0 Å². The molecular formula is C12H25ClN2O3. The molecule has 1 rings (SSSR count). The lowest BCUT2D eigenvalue weighted by molar-refractivity contribution is -0.126. The fraction of sp³-hybridized carbons (Fsp3) is 0.917. The number of carbonyl (C=O) groups excluding carboxylic acids is 1. The number of piperidine rings is 1. The number of amides is 1. The van der Waals surface area contributed by atoms with Crippen LogP contribution in [0.4, 0.5) is 0 Å². The van der Waals surface area contributed by atoms with Crippen LogP contribution >= 0.6 is 12.4 Å². The number of hydrogen-bond donors (Lipinski definition) is 2. The van der Waals surface area contributed by atoms with Crippen molar-refractivity contribution in [3.8, 4) is 0 Å². The van der Waals surface area contributed by atoms with Crippen LogP contribution in [0.2, 0.25) is 0 Å². The minimum Gasteiger partial charge on any atom is -0.382 e. The maximum Gasteiger partial charge on any atom is 0.245 e. The first-order valence-electron chi connectivity index (χ1n) is 6.37. The van der Waals surface area contributed by atoms with E-state index in [9.17, 15) is 4.79 Å². The third kappa shape index (κ3) is 8.69. The number of ether oxygens (including phenoxy) is 2. The third-order valence-electron chi connectivity index (χ3n) is 2.94. The van der Waals surface area contributed by atoms with Gasteiger partial charge in [-0.3, -0.25) is 4.79 Å². The quantitative estimate of drug-likeness (QED) is 0.639. The molecule has 1 saturated heterocycles. The minimum atomic E-state index is -0.0372. The molecule has 1 amide bonds. The number of nitrogens with one attached hydrogen (secondary N) is 2. The number of rotatable bonds is 8. The lowest BCUT2D eigenvalue weighted by Crippen LogP contribution is -2.34. The summed E-state index contributed by atoms with van der Waals surface area (Å²) in [5, 5.41) is 6.24. The van der Waals surface area contributed by atoms with E-state index in [-0.39, 0.29) is 24.9 Å². The Labute approximate surface area is 115 Å². The van der Waals surface area contributed by atoms with Crippen molar-refractivity contribution < 1.29 is 14.3 Å². The molecule has 0 aromatic carbocycles. The van der Waals surface area contributed by atoms with E-state index in [0.29, 0.717) is 19.1 Å². The molecular weight excluding hydrogens is 256 g/mol. The van der Waals surface area contributed by atoms with E-state index in [1.54, 1.807) is 7.11 Å². The van der Waals surface area contributed by atoms with Crippen LogP contribution in [-0.4, -0.2) is 52.5 Å². The summed E-state index contributed by atoms with van der Waals surface area (Å²) in [4.78, 5) is 11.4. The first-order chi connectivity index (χ1) is 8.33. The highest BCUT2D eigenvalue weighted by Gasteiger charge is 2.12. The van der Waals surface area contributed by atoms with Crippen molar-refractivity contribution in [2.45, 2.75) is 19.3 Å². The van der Waals surface area contributed by atoms with Crippen molar-refractivity contribution in [2.75, 3.05) is 46.6 Å². The standard InChI is InChI=1S/C12H24N2O3.ClH/c1-16-7-8-17-10-12(15)14-6-4-11-3-2-5-13-9-11;/h11,13H,2-10H2,1H3,(H,14,15);1H. The number of hydrogen-bond acceptors (Lipinski definition) is 4. The van der Waals surface area contributed by atoms with E-state index in [2.05, 4.69) is 10.6 Å². The van der Waals surface area contributed by atoms with Crippen molar-refractivity contribution in [2.24, 2.45) is 5.92 Å². The first-order valence-corrected chi connectivity index (χ1v) is 6.37. The topological polar surface area (TPSA) is 59.6 Å². The molecule has 0 aromatic heterocycles. The van der Waals surface area contributed by atoms with E-state index in [1.165, 1.54) is 12.8 Å². The largest absolute Gasteiger partial charge is 0.382 e. The van der Waals surface area contributed by atoms with Gasteiger partial charge in [0, 0.05) is 13.7 Å². The average Bonchev–Trinajstić information content (AvgIpc) is 2.36. The van der Waals surface area contributed by atoms with E-state index < -0.39 is 0 Å². The molecule has 0 spiro atoms. The smallest absolute Gasteiger partial charge is 0.245 e. The van der Waals surface area contributed by atoms with Crippen molar-refractivity contribution in [3.05, 3.63) is 0 Å². The van der Waals surface area contributed by atoms with E-state index in [4.69, 9.17) is 9.47 Å². The Kier molecular flexibility index (Phi) is 11.5. The Morgan fingerprint density at radius 1 is 1.44 bits per heavy atom. The van der Waals surface area contributed by atoms with Gasteiger partial charge in [0.15, 0.2) is 0 Å². The zero-order valence-electron chi connectivity index (χ0n) is 11.1. The van der Waals surface area contributed by atoms with Gasteiger partial charge >= 0.3 is 0 Å². The molecule has 18 heavy (non-hydrogen) atoms. The van der Waals surface area contributed by atoms with Crippen molar-refractivity contribution in [3.63, 3.8) is 0 Å². The number of methoxy groups -OCH3 is 1. The van der Waals surface area contributed by atoms with Gasteiger partial charge in [-0.05, 0) is 38.3 Å². The zero-order chi connectivity index (χ0) is 12.3. The Hall–Kier alpha value is -0.360. The monoisotopic (exact) mass is 280 g/mol. The molecule has 0 bridgehead atoms.